The van der Waals surface area contributed by atoms with E-state index in [9.17, 15) is 14.7 Å². The maximum absolute atomic E-state index is 12.3. The Hall–Kier alpha value is -2.27. The number of para-hydroxylation sites is 1. The van der Waals surface area contributed by atoms with Crippen LogP contribution in [0.5, 0.6) is 5.75 Å². The molecule has 2 rings (SSSR count). The molecule has 134 valence electrons. The number of benzene rings is 1. The van der Waals surface area contributed by atoms with Gasteiger partial charge in [0.15, 0.2) is 5.78 Å². The van der Waals surface area contributed by atoms with E-state index in [1.54, 1.807) is 24.3 Å². The topological polar surface area (TPSA) is 63.6 Å². The maximum atomic E-state index is 12.3. The summed E-state index contributed by atoms with van der Waals surface area (Å²) in [6.07, 6.45) is 7.16. The number of aromatic hydroxyl groups is 1. The lowest BCUT2D eigenvalue weighted by atomic mass is 10.1. The molecule has 0 unspecified atom stereocenters. The molecule has 0 aromatic heterocycles. The second kappa shape index (κ2) is 7.31. The Kier molecular flexibility index (Phi) is 5.58. The van der Waals surface area contributed by atoms with Crippen LogP contribution < -0.4 is 0 Å². The van der Waals surface area contributed by atoms with Crippen LogP contribution in [0.15, 0.2) is 57.9 Å². The molecule has 1 aliphatic rings. The third kappa shape index (κ3) is 4.23. The van der Waals surface area contributed by atoms with Crippen molar-refractivity contribution in [3.63, 3.8) is 0 Å². The molecule has 25 heavy (non-hydrogen) atoms. The monoisotopic (exact) mass is 360 g/mol. The standard InChI is InChI=1S/C20H24O4S/c1-13(2)24-20(23)16-12-25(4,5)19(14(16)3)11-10-18(22)15-8-6-7-9-17(15)21/h6-13,21H,1-5H3. The molecule has 1 N–H and O–H groups in total. The first-order valence-electron chi connectivity index (χ1n) is 8.01. The van der Waals surface area contributed by atoms with Crippen LogP contribution in [-0.2, 0) is 9.53 Å². The van der Waals surface area contributed by atoms with Crippen molar-refractivity contribution < 1.29 is 19.4 Å². The molecule has 1 aliphatic heterocycles. The molecule has 1 aromatic carbocycles. The summed E-state index contributed by atoms with van der Waals surface area (Å²) in [6.45, 7) is 5.51. The van der Waals surface area contributed by atoms with Crippen LogP contribution in [0.3, 0.4) is 0 Å². The zero-order chi connectivity index (χ0) is 18.8. The van der Waals surface area contributed by atoms with Crippen LogP contribution in [-0.4, -0.2) is 35.5 Å². The van der Waals surface area contributed by atoms with Gasteiger partial charge in [-0.1, -0.05) is 12.1 Å². The highest BCUT2D eigenvalue weighted by Crippen LogP contribution is 2.58. The highest BCUT2D eigenvalue weighted by atomic mass is 32.3. The number of rotatable bonds is 5. The maximum Gasteiger partial charge on any atom is 0.339 e. The largest absolute Gasteiger partial charge is 0.507 e. The first-order valence-corrected chi connectivity index (χ1v) is 10.5. The predicted molar refractivity (Wildman–Crippen MR) is 103 cm³/mol. The summed E-state index contributed by atoms with van der Waals surface area (Å²) < 4.78 is 5.30. The van der Waals surface area contributed by atoms with E-state index in [-0.39, 0.29) is 29.2 Å². The lowest BCUT2D eigenvalue weighted by Gasteiger charge is -2.25. The van der Waals surface area contributed by atoms with E-state index in [4.69, 9.17) is 4.74 Å². The summed E-state index contributed by atoms with van der Waals surface area (Å²) in [5, 5.41) is 11.7. The van der Waals surface area contributed by atoms with Crippen molar-refractivity contribution in [2.75, 3.05) is 12.5 Å². The molecule has 5 heteroatoms. The fourth-order valence-corrected chi connectivity index (χ4v) is 4.98. The van der Waals surface area contributed by atoms with Gasteiger partial charge >= 0.3 is 5.97 Å². The molecule has 0 saturated heterocycles. The molecule has 0 spiro atoms. The molecule has 4 nitrogen and oxygen atoms in total. The van der Waals surface area contributed by atoms with Crippen molar-refractivity contribution in [2.24, 2.45) is 0 Å². The smallest absolute Gasteiger partial charge is 0.339 e. The van der Waals surface area contributed by atoms with Gasteiger partial charge < -0.3 is 9.84 Å². The summed E-state index contributed by atoms with van der Waals surface area (Å²) >= 11 is 0. The number of hydrogen-bond donors (Lipinski definition) is 1. The Labute approximate surface area is 150 Å². The van der Waals surface area contributed by atoms with E-state index in [1.807, 2.05) is 26.2 Å². The Morgan fingerprint density at radius 1 is 1.20 bits per heavy atom. The highest BCUT2D eigenvalue weighted by molar-refractivity contribution is 8.38. The van der Waals surface area contributed by atoms with Gasteiger partial charge in [0, 0.05) is 0 Å². The van der Waals surface area contributed by atoms with Crippen molar-refractivity contribution in [3.05, 3.63) is 63.4 Å². The van der Waals surface area contributed by atoms with E-state index in [0.29, 0.717) is 5.57 Å². The van der Waals surface area contributed by atoms with Gasteiger partial charge in [0.2, 0.25) is 0 Å². The van der Waals surface area contributed by atoms with Gasteiger partial charge in [-0.3, -0.25) is 4.79 Å². The first-order chi connectivity index (χ1) is 11.6. The normalized spacial score (nSPS) is 17.8. The summed E-state index contributed by atoms with van der Waals surface area (Å²) in [4.78, 5) is 25.6. The van der Waals surface area contributed by atoms with Gasteiger partial charge in [0.05, 0.1) is 17.2 Å². The highest BCUT2D eigenvalue weighted by Gasteiger charge is 2.30. The summed E-state index contributed by atoms with van der Waals surface area (Å²) in [7, 11) is -1.34. The molecule has 0 atom stereocenters. The Morgan fingerprint density at radius 3 is 2.44 bits per heavy atom. The second-order valence-electron chi connectivity index (χ2n) is 6.60. The Balaban J connectivity index is 2.29. The van der Waals surface area contributed by atoms with Crippen molar-refractivity contribution in [1.29, 1.82) is 0 Å². The van der Waals surface area contributed by atoms with E-state index in [1.165, 1.54) is 12.1 Å². The summed E-state index contributed by atoms with van der Waals surface area (Å²) in [5.41, 5.74) is 1.67. The fraction of sp³-hybridized carbons (Fsp3) is 0.300. The molecule has 0 saturated carbocycles. The molecule has 0 amide bonds. The van der Waals surface area contributed by atoms with Crippen molar-refractivity contribution in [3.8, 4) is 5.75 Å². The van der Waals surface area contributed by atoms with Crippen LogP contribution in [0.4, 0.5) is 0 Å². The third-order valence-corrected chi connectivity index (χ3v) is 6.27. The van der Waals surface area contributed by atoms with E-state index in [2.05, 4.69) is 12.5 Å². The molecule has 1 heterocycles. The third-order valence-electron chi connectivity index (χ3n) is 3.87. The minimum Gasteiger partial charge on any atom is -0.507 e. The first kappa shape index (κ1) is 19.1. The molecule has 1 aromatic rings. The van der Waals surface area contributed by atoms with Crippen LogP contribution in [0, 0.1) is 0 Å². The SMILES string of the molecule is CC1=C(C=CC(=O)c2ccccc2O)S(C)(C)C=C1C(=O)OC(C)C. The average Bonchev–Trinajstić information content (AvgIpc) is 2.74. The second-order valence-corrected chi connectivity index (χ2v) is 10.1. The molecule has 0 aliphatic carbocycles. The number of ketones is 1. The van der Waals surface area contributed by atoms with Gasteiger partial charge in [-0.15, -0.1) is 0 Å². The van der Waals surface area contributed by atoms with E-state index >= 15 is 0 Å². The Morgan fingerprint density at radius 2 is 1.84 bits per heavy atom. The zero-order valence-electron chi connectivity index (χ0n) is 15.2. The van der Waals surface area contributed by atoms with Gasteiger partial charge in [-0.25, -0.2) is 4.79 Å². The number of carbonyl (C=O) groups is 2. The summed E-state index contributed by atoms with van der Waals surface area (Å²) in [6, 6.07) is 6.44. The average molecular weight is 360 g/mol. The number of phenolic OH excluding ortho intramolecular Hbond substituents is 1. The lowest BCUT2D eigenvalue weighted by molar-refractivity contribution is -0.142. The molecule has 0 fully saturated rings. The molecule has 0 bridgehead atoms. The number of carbonyl (C=O) groups excluding carboxylic acids is 2. The van der Waals surface area contributed by atoms with Crippen LogP contribution in [0.2, 0.25) is 0 Å². The number of ether oxygens (including phenoxy) is 1. The predicted octanol–water partition coefficient (Wildman–Crippen LogP) is 4.32. The van der Waals surface area contributed by atoms with Crippen LogP contribution in [0.1, 0.15) is 31.1 Å². The van der Waals surface area contributed by atoms with Gasteiger partial charge in [-0.05, 0) is 73.5 Å². The van der Waals surface area contributed by atoms with Crippen LogP contribution >= 0.6 is 10.0 Å². The molecular weight excluding hydrogens is 336 g/mol. The number of allylic oxidation sites excluding steroid dienone is 2. The fourth-order valence-electron chi connectivity index (χ4n) is 2.68. The summed E-state index contributed by atoms with van der Waals surface area (Å²) in [5.74, 6) is -0.643. The zero-order valence-corrected chi connectivity index (χ0v) is 16.0. The Bertz CT molecular complexity index is 798. The van der Waals surface area contributed by atoms with Gasteiger partial charge in [0.1, 0.15) is 5.75 Å². The van der Waals surface area contributed by atoms with Gasteiger partial charge in [-0.2, -0.15) is 10.0 Å². The number of hydrogen-bond acceptors (Lipinski definition) is 4. The van der Waals surface area contributed by atoms with E-state index < -0.39 is 10.0 Å². The van der Waals surface area contributed by atoms with Gasteiger partial charge in [0.25, 0.3) is 0 Å². The van der Waals surface area contributed by atoms with Crippen molar-refractivity contribution in [1.82, 2.24) is 0 Å². The van der Waals surface area contributed by atoms with Crippen LogP contribution in [0.25, 0.3) is 0 Å². The molecular formula is C20H24O4S. The minimum absolute atomic E-state index is 0.0415. The van der Waals surface area contributed by atoms with Crippen molar-refractivity contribution in [2.45, 2.75) is 26.9 Å². The van der Waals surface area contributed by atoms with Crippen molar-refractivity contribution >= 4 is 21.8 Å². The lowest BCUT2D eigenvalue weighted by Crippen LogP contribution is -2.13. The van der Waals surface area contributed by atoms with E-state index in [0.717, 1.165) is 10.5 Å². The minimum atomic E-state index is -1.34. The number of esters is 1. The quantitative estimate of drug-likeness (QED) is 0.482. The molecule has 0 radical (unpaired) electrons. The number of phenols is 1.